The molecule has 19 heavy (non-hydrogen) atoms. The molecule has 1 aliphatic rings. The van der Waals surface area contributed by atoms with E-state index in [0.717, 1.165) is 6.42 Å². The molecule has 0 aromatic heterocycles. The zero-order valence-corrected chi connectivity index (χ0v) is 11.5. The molecule has 0 aromatic carbocycles. The average molecular weight is 292 g/mol. The van der Waals surface area contributed by atoms with Crippen LogP contribution in [0.15, 0.2) is 0 Å². The number of carbonyl (C=O) groups is 2. The number of carboxylic acid groups (broad SMARTS) is 1. The van der Waals surface area contributed by atoms with Crippen molar-refractivity contribution in [3.05, 3.63) is 0 Å². The van der Waals surface area contributed by atoms with E-state index in [-0.39, 0.29) is 30.0 Å². The van der Waals surface area contributed by atoms with Crippen LogP contribution in [-0.4, -0.2) is 49.6 Å². The molecular formula is C11H20N2O5S. The van der Waals surface area contributed by atoms with E-state index in [1.807, 2.05) is 0 Å². The second kappa shape index (κ2) is 7.32. The Labute approximate surface area is 112 Å². The molecule has 3 N–H and O–H groups in total. The number of carbonyl (C=O) groups excluding carboxylic acids is 1. The Morgan fingerprint density at radius 1 is 1.21 bits per heavy atom. The first kappa shape index (κ1) is 15.7. The zero-order chi connectivity index (χ0) is 14.3. The highest BCUT2D eigenvalue weighted by Gasteiger charge is 2.28. The van der Waals surface area contributed by atoms with E-state index in [9.17, 15) is 18.0 Å². The smallest absolute Gasteiger partial charge is 0.315 e. The van der Waals surface area contributed by atoms with Gasteiger partial charge in [-0.15, -0.1) is 0 Å². The van der Waals surface area contributed by atoms with Crippen LogP contribution in [0, 0.1) is 0 Å². The van der Waals surface area contributed by atoms with E-state index >= 15 is 0 Å². The minimum atomic E-state index is -2.98. The topological polar surface area (TPSA) is 113 Å². The zero-order valence-electron chi connectivity index (χ0n) is 10.7. The van der Waals surface area contributed by atoms with Crippen LogP contribution >= 0.6 is 0 Å². The Morgan fingerprint density at radius 2 is 1.95 bits per heavy atom. The Kier molecular flexibility index (Phi) is 6.07. The van der Waals surface area contributed by atoms with E-state index in [4.69, 9.17) is 5.11 Å². The summed E-state index contributed by atoms with van der Waals surface area (Å²) in [6.07, 6.45) is 2.66. The van der Waals surface area contributed by atoms with Crippen molar-refractivity contribution >= 4 is 21.8 Å². The number of hydrogen-bond acceptors (Lipinski definition) is 4. The fraction of sp³-hybridized carbons (Fsp3) is 0.818. The highest BCUT2D eigenvalue weighted by molar-refractivity contribution is 7.91. The van der Waals surface area contributed by atoms with Crippen molar-refractivity contribution in [1.29, 1.82) is 0 Å². The summed E-state index contributed by atoms with van der Waals surface area (Å²) in [6, 6.07) is -0.655. The van der Waals surface area contributed by atoms with Crippen molar-refractivity contribution in [1.82, 2.24) is 10.6 Å². The predicted molar refractivity (Wildman–Crippen MR) is 69.7 cm³/mol. The first-order chi connectivity index (χ1) is 8.89. The summed E-state index contributed by atoms with van der Waals surface area (Å²) in [5.41, 5.74) is 0. The second-order valence-electron chi connectivity index (χ2n) is 4.70. The molecule has 1 atom stereocenters. The van der Waals surface area contributed by atoms with Crippen molar-refractivity contribution < 1.29 is 23.1 Å². The van der Waals surface area contributed by atoms with Crippen molar-refractivity contribution in [3.63, 3.8) is 0 Å². The fourth-order valence-corrected chi connectivity index (χ4v) is 3.60. The number of aliphatic carboxylic acids is 1. The van der Waals surface area contributed by atoms with Crippen LogP contribution in [-0.2, 0) is 14.6 Å². The number of rotatable bonds is 7. The summed E-state index contributed by atoms with van der Waals surface area (Å²) >= 11 is 0. The SMILES string of the molecule is O=C(O)CCCCCNC(=O)NC1CCS(=O)(=O)C1. The van der Waals surface area contributed by atoms with E-state index in [2.05, 4.69) is 10.6 Å². The normalized spacial score (nSPS) is 20.9. The van der Waals surface area contributed by atoms with E-state index in [0.29, 0.717) is 25.8 Å². The van der Waals surface area contributed by atoms with Crippen LogP contribution in [0.5, 0.6) is 0 Å². The highest BCUT2D eigenvalue weighted by atomic mass is 32.2. The van der Waals surface area contributed by atoms with E-state index < -0.39 is 15.8 Å². The molecule has 0 saturated carbocycles. The Hall–Kier alpha value is -1.31. The summed E-state index contributed by atoms with van der Waals surface area (Å²) in [4.78, 5) is 21.7. The van der Waals surface area contributed by atoms with Crippen LogP contribution in [0.1, 0.15) is 32.1 Å². The first-order valence-corrected chi connectivity index (χ1v) is 8.18. The third-order valence-corrected chi connectivity index (χ3v) is 4.69. The summed E-state index contributed by atoms with van der Waals surface area (Å²) in [6.45, 7) is 0.463. The fourth-order valence-electron chi connectivity index (χ4n) is 1.93. The number of nitrogens with one attached hydrogen (secondary N) is 2. The van der Waals surface area contributed by atoms with Gasteiger partial charge in [-0.1, -0.05) is 6.42 Å². The maximum atomic E-state index is 11.4. The molecule has 2 amide bonds. The van der Waals surface area contributed by atoms with Gasteiger partial charge in [-0.05, 0) is 19.3 Å². The van der Waals surface area contributed by atoms with Gasteiger partial charge in [0.15, 0.2) is 9.84 Å². The number of sulfone groups is 1. The van der Waals surface area contributed by atoms with Crippen LogP contribution < -0.4 is 10.6 Å². The molecule has 1 fully saturated rings. The lowest BCUT2D eigenvalue weighted by Gasteiger charge is -2.11. The van der Waals surface area contributed by atoms with Gasteiger partial charge in [-0.3, -0.25) is 4.79 Å². The third-order valence-electron chi connectivity index (χ3n) is 2.92. The molecule has 0 radical (unpaired) electrons. The third kappa shape index (κ3) is 7.00. The van der Waals surface area contributed by atoms with Gasteiger partial charge >= 0.3 is 12.0 Å². The molecule has 7 nitrogen and oxygen atoms in total. The molecule has 1 unspecified atom stereocenters. The molecule has 0 bridgehead atoms. The van der Waals surface area contributed by atoms with Gasteiger partial charge in [0.25, 0.3) is 0 Å². The van der Waals surface area contributed by atoms with E-state index in [1.54, 1.807) is 0 Å². The quantitative estimate of drug-likeness (QED) is 0.577. The van der Waals surface area contributed by atoms with Crippen molar-refractivity contribution in [3.8, 4) is 0 Å². The lowest BCUT2D eigenvalue weighted by Crippen LogP contribution is -2.42. The van der Waals surface area contributed by atoms with Gasteiger partial charge in [0, 0.05) is 19.0 Å². The van der Waals surface area contributed by atoms with E-state index in [1.165, 1.54) is 0 Å². The molecule has 1 saturated heterocycles. The Balaban J connectivity index is 2.04. The standard InChI is InChI=1S/C11H20N2O5S/c14-10(15)4-2-1-3-6-12-11(16)13-9-5-7-19(17,18)8-9/h9H,1-8H2,(H,14,15)(H2,12,13,16). The molecule has 1 aliphatic heterocycles. The van der Waals surface area contributed by atoms with Gasteiger partial charge in [0.1, 0.15) is 0 Å². The Bertz CT molecular complexity index is 421. The summed E-state index contributed by atoms with van der Waals surface area (Å²) in [5.74, 6) is -0.667. The maximum Gasteiger partial charge on any atom is 0.315 e. The minimum Gasteiger partial charge on any atom is -0.481 e. The number of amides is 2. The average Bonchev–Trinajstić information content (AvgIpc) is 2.62. The summed E-state index contributed by atoms with van der Waals surface area (Å²) in [5, 5.41) is 13.7. The van der Waals surface area contributed by atoms with Crippen molar-refractivity contribution in [2.45, 2.75) is 38.1 Å². The lowest BCUT2D eigenvalue weighted by atomic mass is 10.2. The minimum absolute atomic E-state index is 0.0129. The van der Waals surface area contributed by atoms with Crippen LogP contribution in [0.2, 0.25) is 0 Å². The number of urea groups is 1. The molecule has 8 heteroatoms. The molecule has 0 aromatic rings. The summed E-state index contributed by atoms with van der Waals surface area (Å²) < 4.78 is 22.4. The van der Waals surface area contributed by atoms with Gasteiger partial charge in [-0.2, -0.15) is 0 Å². The molecule has 0 spiro atoms. The van der Waals surface area contributed by atoms with Gasteiger partial charge < -0.3 is 15.7 Å². The molecular weight excluding hydrogens is 272 g/mol. The Morgan fingerprint density at radius 3 is 2.53 bits per heavy atom. The molecule has 0 aliphatic carbocycles. The van der Waals surface area contributed by atoms with Crippen LogP contribution in [0.25, 0.3) is 0 Å². The summed E-state index contributed by atoms with van der Waals surface area (Å²) in [7, 11) is -2.98. The van der Waals surface area contributed by atoms with Crippen molar-refractivity contribution in [2.75, 3.05) is 18.1 Å². The maximum absolute atomic E-state index is 11.4. The van der Waals surface area contributed by atoms with Gasteiger partial charge in [-0.25, -0.2) is 13.2 Å². The van der Waals surface area contributed by atoms with Crippen LogP contribution in [0.4, 0.5) is 4.79 Å². The first-order valence-electron chi connectivity index (χ1n) is 6.35. The molecule has 110 valence electrons. The highest BCUT2D eigenvalue weighted by Crippen LogP contribution is 2.10. The monoisotopic (exact) mass is 292 g/mol. The number of unbranched alkanes of at least 4 members (excludes halogenated alkanes) is 2. The largest absolute Gasteiger partial charge is 0.481 e. The second-order valence-corrected chi connectivity index (χ2v) is 6.93. The van der Waals surface area contributed by atoms with Crippen molar-refractivity contribution in [2.24, 2.45) is 0 Å². The molecule has 1 rings (SSSR count). The van der Waals surface area contributed by atoms with Gasteiger partial charge in [0.05, 0.1) is 11.5 Å². The number of carboxylic acids is 1. The lowest BCUT2D eigenvalue weighted by molar-refractivity contribution is -0.137. The molecule has 1 heterocycles. The number of hydrogen-bond donors (Lipinski definition) is 3. The predicted octanol–water partition coefficient (Wildman–Crippen LogP) is 0.118. The van der Waals surface area contributed by atoms with Gasteiger partial charge in [0.2, 0.25) is 0 Å². The van der Waals surface area contributed by atoms with Crippen LogP contribution in [0.3, 0.4) is 0 Å².